The molecule has 0 radical (unpaired) electrons. The largest absolute Gasteiger partial charge is 0.468 e. The highest BCUT2D eigenvalue weighted by atomic mass is 16.3. The Morgan fingerprint density at radius 3 is 2.47 bits per heavy atom. The average Bonchev–Trinajstić information content (AvgIpc) is 2.75. The standard InChI is InChI=1S/C16H30N2O/c1-12(2)9-17-10-15-7-8-19-16(15)11-18(6)14(5)13(3)4/h7-8,12-14,17H,9-11H2,1-6H3. The fourth-order valence-electron chi connectivity index (χ4n) is 2.04. The fraction of sp³-hybridized carbons (Fsp3) is 0.750. The van der Waals surface area contributed by atoms with Gasteiger partial charge in [0.2, 0.25) is 0 Å². The topological polar surface area (TPSA) is 28.4 Å². The van der Waals surface area contributed by atoms with Gasteiger partial charge in [-0.2, -0.15) is 0 Å². The number of hydrogen-bond acceptors (Lipinski definition) is 3. The van der Waals surface area contributed by atoms with Crippen LogP contribution in [0, 0.1) is 11.8 Å². The molecule has 19 heavy (non-hydrogen) atoms. The predicted octanol–water partition coefficient (Wildman–Crippen LogP) is 3.50. The molecule has 0 saturated heterocycles. The van der Waals surface area contributed by atoms with Gasteiger partial charge in [-0.05, 0) is 38.4 Å². The van der Waals surface area contributed by atoms with E-state index >= 15 is 0 Å². The molecule has 1 heterocycles. The molecule has 1 rings (SSSR count). The van der Waals surface area contributed by atoms with Gasteiger partial charge < -0.3 is 9.73 Å². The van der Waals surface area contributed by atoms with Crippen LogP contribution in [0.1, 0.15) is 45.9 Å². The van der Waals surface area contributed by atoms with Gasteiger partial charge in [0, 0.05) is 18.2 Å². The number of furan rings is 1. The molecule has 3 heteroatoms. The third-order valence-corrected chi connectivity index (χ3v) is 3.76. The van der Waals surface area contributed by atoms with Crippen LogP contribution in [-0.4, -0.2) is 24.5 Å². The van der Waals surface area contributed by atoms with E-state index in [4.69, 9.17) is 4.42 Å². The Labute approximate surface area is 118 Å². The molecular formula is C16H30N2O. The van der Waals surface area contributed by atoms with Crippen molar-refractivity contribution in [2.75, 3.05) is 13.6 Å². The minimum Gasteiger partial charge on any atom is -0.468 e. The Morgan fingerprint density at radius 2 is 1.89 bits per heavy atom. The lowest BCUT2D eigenvalue weighted by atomic mass is 10.0. The van der Waals surface area contributed by atoms with Crippen molar-refractivity contribution in [3.05, 3.63) is 23.7 Å². The van der Waals surface area contributed by atoms with E-state index in [9.17, 15) is 0 Å². The minimum atomic E-state index is 0.557. The van der Waals surface area contributed by atoms with Crippen molar-refractivity contribution in [2.45, 2.75) is 53.8 Å². The van der Waals surface area contributed by atoms with Crippen molar-refractivity contribution in [1.29, 1.82) is 0 Å². The molecule has 0 spiro atoms. The molecule has 0 aliphatic carbocycles. The number of hydrogen-bond donors (Lipinski definition) is 1. The molecule has 0 aliphatic rings. The highest BCUT2D eigenvalue weighted by Crippen LogP contribution is 2.16. The maximum absolute atomic E-state index is 5.64. The lowest BCUT2D eigenvalue weighted by Crippen LogP contribution is -2.33. The average molecular weight is 266 g/mol. The van der Waals surface area contributed by atoms with E-state index in [2.05, 4.69) is 57.9 Å². The summed E-state index contributed by atoms with van der Waals surface area (Å²) in [5.74, 6) is 2.42. The zero-order chi connectivity index (χ0) is 14.4. The first-order chi connectivity index (χ1) is 8.91. The first-order valence-electron chi connectivity index (χ1n) is 7.38. The van der Waals surface area contributed by atoms with E-state index in [-0.39, 0.29) is 0 Å². The van der Waals surface area contributed by atoms with Gasteiger partial charge >= 0.3 is 0 Å². The van der Waals surface area contributed by atoms with E-state index in [1.165, 1.54) is 5.56 Å². The van der Waals surface area contributed by atoms with Gasteiger partial charge in [-0.15, -0.1) is 0 Å². The quantitative estimate of drug-likeness (QED) is 0.780. The Bertz CT molecular complexity index is 357. The summed E-state index contributed by atoms with van der Waals surface area (Å²) in [6, 6.07) is 2.64. The molecule has 1 unspecified atom stereocenters. The first-order valence-corrected chi connectivity index (χ1v) is 7.38. The monoisotopic (exact) mass is 266 g/mol. The number of rotatable bonds is 8. The summed E-state index contributed by atoms with van der Waals surface area (Å²) in [6.45, 7) is 14.1. The van der Waals surface area contributed by atoms with Crippen LogP contribution in [0.15, 0.2) is 16.7 Å². The summed E-state index contributed by atoms with van der Waals surface area (Å²) < 4.78 is 5.64. The van der Waals surface area contributed by atoms with Gasteiger partial charge in [-0.1, -0.05) is 27.7 Å². The normalized spacial score (nSPS) is 13.7. The first kappa shape index (κ1) is 16.3. The van der Waals surface area contributed by atoms with Gasteiger partial charge in [-0.3, -0.25) is 4.90 Å². The summed E-state index contributed by atoms with van der Waals surface area (Å²) in [5.41, 5.74) is 1.28. The second-order valence-corrected chi connectivity index (χ2v) is 6.29. The SMILES string of the molecule is CC(C)CNCc1ccoc1CN(C)C(C)C(C)C. The Kier molecular flexibility index (Phi) is 6.59. The van der Waals surface area contributed by atoms with Crippen molar-refractivity contribution in [3.63, 3.8) is 0 Å². The maximum atomic E-state index is 5.64. The lowest BCUT2D eigenvalue weighted by molar-refractivity contribution is 0.186. The Morgan fingerprint density at radius 1 is 1.21 bits per heavy atom. The van der Waals surface area contributed by atoms with Crippen molar-refractivity contribution >= 4 is 0 Å². The molecule has 1 N–H and O–H groups in total. The van der Waals surface area contributed by atoms with Crippen LogP contribution in [0.2, 0.25) is 0 Å². The van der Waals surface area contributed by atoms with Crippen molar-refractivity contribution in [1.82, 2.24) is 10.2 Å². The second kappa shape index (κ2) is 7.71. The van der Waals surface area contributed by atoms with E-state index < -0.39 is 0 Å². The van der Waals surface area contributed by atoms with Gasteiger partial charge in [-0.25, -0.2) is 0 Å². The third-order valence-electron chi connectivity index (χ3n) is 3.76. The second-order valence-electron chi connectivity index (χ2n) is 6.29. The molecule has 1 aromatic heterocycles. The molecule has 0 aliphatic heterocycles. The van der Waals surface area contributed by atoms with Crippen molar-refractivity contribution in [3.8, 4) is 0 Å². The van der Waals surface area contributed by atoms with Crippen LogP contribution < -0.4 is 5.32 Å². The number of nitrogens with one attached hydrogen (secondary N) is 1. The van der Waals surface area contributed by atoms with Gasteiger partial charge in [0.15, 0.2) is 0 Å². The predicted molar refractivity (Wildman–Crippen MR) is 81.0 cm³/mol. The van der Waals surface area contributed by atoms with E-state index in [0.29, 0.717) is 17.9 Å². The molecule has 1 aromatic rings. The summed E-state index contributed by atoms with van der Waals surface area (Å²) >= 11 is 0. The molecule has 0 fully saturated rings. The van der Waals surface area contributed by atoms with E-state index in [1.807, 2.05) is 0 Å². The molecule has 0 bridgehead atoms. The summed E-state index contributed by atoms with van der Waals surface area (Å²) in [6.07, 6.45) is 1.80. The Hall–Kier alpha value is -0.800. The zero-order valence-electron chi connectivity index (χ0n) is 13.4. The highest BCUT2D eigenvalue weighted by Gasteiger charge is 2.16. The zero-order valence-corrected chi connectivity index (χ0v) is 13.4. The number of nitrogens with zero attached hydrogens (tertiary/aromatic N) is 1. The van der Waals surface area contributed by atoms with Crippen LogP contribution in [0.4, 0.5) is 0 Å². The Balaban J connectivity index is 2.52. The minimum absolute atomic E-state index is 0.557. The molecular weight excluding hydrogens is 236 g/mol. The van der Waals surface area contributed by atoms with Gasteiger partial charge in [0.05, 0.1) is 12.8 Å². The van der Waals surface area contributed by atoms with Crippen molar-refractivity contribution in [2.24, 2.45) is 11.8 Å². The smallest absolute Gasteiger partial charge is 0.122 e. The lowest BCUT2D eigenvalue weighted by Gasteiger charge is -2.27. The van der Waals surface area contributed by atoms with E-state index in [1.54, 1.807) is 6.26 Å². The van der Waals surface area contributed by atoms with Crippen LogP contribution in [0.25, 0.3) is 0 Å². The highest BCUT2D eigenvalue weighted by molar-refractivity contribution is 5.16. The fourth-order valence-corrected chi connectivity index (χ4v) is 2.04. The van der Waals surface area contributed by atoms with Crippen molar-refractivity contribution < 1.29 is 4.42 Å². The molecule has 3 nitrogen and oxygen atoms in total. The molecule has 0 amide bonds. The molecule has 0 saturated carbocycles. The third kappa shape index (κ3) is 5.37. The van der Waals surface area contributed by atoms with Gasteiger partial charge in [0.1, 0.15) is 5.76 Å². The van der Waals surface area contributed by atoms with Crippen LogP contribution >= 0.6 is 0 Å². The summed E-state index contributed by atoms with van der Waals surface area (Å²) in [4.78, 5) is 2.36. The molecule has 1 atom stereocenters. The van der Waals surface area contributed by atoms with Gasteiger partial charge in [0.25, 0.3) is 0 Å². The molecule has 110 valence electrons. The van der Waals surface area contributed by atoms with Crippen LogP contribution in [0.5, 0.6) is 0 Å². The van der Waals surface area contributed by atoms with Crippen LogP contribution in [-0.2, 0) is 13.1 Å². The van der Waals surface area contributed by atoms with Crippen LogP contribution in [0.3, 0.4) is 0 Å². The maximum Gasteiger partial charge on any atom is 0.122 e. The van der Waals surface area contributed by atoms with E-state index in [0.717, 1.165) is 25.4 Å². The molecule has 0 aromatic carbocycles. The summed E-state index contributed by atoms with van der Waals surface area (Å²) in [5, 5.41) is 3.47. The summed E-state index contributed by atoms with van der Waals surface area (Å²) in [7, 11) is 2.17.